The van der Waals surface area contributed by atoms with Crippen LogP contribution in [0.3, 0.4) is 0 Å². The molecule has 0 atom stereocenters. The van der Waals surface area contributed by atoms with Crippen molar-refractivity contribution in [2.24, 2.45) is 0 Å². The summed E-state index contributed by atoms with van der Waals surface area (Å²) in [5.74, 6) is -0.555. The number of hydrogen-bond donors (Lipinski definition) is 1. The third-order valence-corrected chi connectivity index (χ3v) is 4.32. The summed E-state index contributed by atoms with van der Waals surface area (Å²) in [5.41, 5.74) is 0.634. The highest BCUT2D eigenvalue weighted by atomic mass is 35.5. The average Bonchev–Trinajstić information content (AvgIpc) is 2.64. The van der Waals surface area contributed by atoms with Gasteiger partial charge in [0.1, 0.15) is 11.7 Å². The molecule has 1 aromatic heterocycles. The Morgan fingerprint density at radius 1 is 1.04 bits per heavy atom. The van der Waals surface area contributed by atoms with Crippen LogP contribution in [-0.2, 0) is 4.79 Å². The molecule has 2 amide bonds. The first kappa shape index (κ1) is 19.8. The fourth-order valence-electron chi connectivity index (χ4n) is 2.97. The molecule has 1 N–H and O–H groups in total. The molecule has 0 spiro atoms. The summed E-state index contributed by atoms with van der Waals surface area (Å²) in [6.07, 6.45) is 1.42. The Hall–Kier alpha value is -2.92. The second kappa shape index (κ2) is 7.98. The van der Waals surface area contributed by atoms with Crippen molar-refractivity contribution in [2.45, 2.75) is 26.3 Å². The van der Waals surface area contributed by atoms with Crippen LogP contribution < -0.4 is 10.2 Å². The van der Waals surface area contributed by atoms with Crippen LogP contribution in [0, 0.1) is 0 Å². The number of benzene rings is 2. The lowest BCUT2D eigenvalue weighted by molar-refractivity contribution is -0.121. The quantitative estimate of drug-likeness (QED) is 0.664. The van der Waals surface area contributed by atoms with Gasteiger partial charge in [-0.15, -0.1) is 0 Å². The van der Waals surface area contributed by atoms with E-state index in [1.807, 2.05) is 63.2 Å². The van der Waals surface area contributed by atoms with Crippen LogP contribution in [0.15, 0.2) is 60.8 Å². The number of halogens is 1. The third-order valence-electron chi connectivity index (χ3n) is 4.09. The number of hydrogen-bond acceptors (Lipinski definition) is 3. The number of anilines is 1. The predicted octanol–water partition coefficient (Wildman–Crippen LogP) is 4.45. The number of carbonyl (C=O) groups is 2. The van der Waals surface area contributed by atoms with Crippen molar-refractivity contribution in [2.75, 3.05) is 11.4 Å². The van der Waals surface area contributed by atoms with E-state index in [1.54, 1.807) is 12.1 Å². The van der Waals surface area contributed by atoms with E-state index < -0.39 is 5.54 Å². The topological polar surface area (TPSA) is 62.3 Å². The Balaban J connectivity index is 2.04. The molecule has 28 heavy (non-hydrogen) atoms. The summed E-state index contributed by atoms with van der Waals surface area (Å²) in [6.45, 7) is 5.60. The highest BCUT2D eigenvalue weighted by Gasteiger charge is 2.24. The van der Waals surface area contributed by atoms with Crippen molar-refractivity contribution in [3.05, 3.63) is 71.5 Å². The summed E-state index contributed by atoms with van der Waals surface area (Å²) in [6, 6.07) is 16.6. The minimum Gasteiger partial charge on any atom is -0.350 e. The summed E-state index contributed by atoms with van der Waals surface area (Å²) in [7, 11) is 0. The second-order valence-electron chi connectivity index (χ2n) is 7.56. The van der Waals surface area contributed by atoms with Crippen LogP contribution >= 0.6 is 11.6 Å². The first-order valence-electron chi connectivity index (χ1n) is 8.97. The van der Waals surface area contributed by atoms with E-state index in [1.165, 1.54) is 11.1 Å². The van der Waals surface area contributed by atoms with Gasteiger partial charge in [0.05, 0.1) is 11.3 Å². The Morgan fingerprint density at radius 2 is 1.75 bits per heavy atom. The number of pyridine rings is 1. The highest BCUT2D eigenvalue weighted by molar-refractivity contribution is 6.29. The van der Waals surface area contributed by atoms with E-state index in [4.69, 9.17) is 11.6 Å². The van der Waals surface area contributed by atoms with Gasteiger partial charge in [0.15, 0.2) is 0 Å². The molecule has 3 aromatic rings. The van der Waals surface area contributed by atoms with Crippen molar-refractivity contribution in [3.63, 3.8) is 0 Å². The smallest absolute Gasteiger partial charge is 0.260 e. The van der Waals surface area contributed by atoms with Gasteiger partial charge in [-0.1, -0.05) is 48.0 Å². The van der Waals surface area contributed by atoms with Crippen LogP contribution in [0.5, 0.6) is 0 Å². The number of carbonyl (C=O) groups excluding carboxylic acids is 2. The van der Waals surface area contributed by atoms with Gasteiger partial charge in [-0.25, -0.2) is 4.98 Å². The number of nitrogens with one attached hydrogen (secondary N) is 1. The van der Waals surface area contributed by atoms with E-state index in [0.717, 1.165) is 10.8 Å². The molecule has 0 aliphatic rings. The summed E-state index contributed by atoms with van der Waals surface area (Å²) in [5, 5.41) is 5.10. The highest BCUT2D eigenvalue weighted by Crippen LogP contribution is 2.28. The molecular formula is C22H22ClN3O2. The Labute approximate surface area is 169 Å². The zero-order chi connectivity index (χ0) is 20.3. The lowest BCUT2D eigenvalue weighted by Crippen LogP contribution is -2.47. The predicted molar refractivity (Wildman–Crippen MR) is 113 cm³/mol. The van der Waals surface area contributed by atoms with Crippen molar-refractivity contribution in [3.8, 4) is 0 Å². The van der Waals surface area contributed by atoms with E-state index in [2.05, 4.69) is 10.3 Å². The first-order valence-corrected chi connectivity index (χ1v) is 9.34. The monoisotopic (exact) mass is 395 g/mol. The molecule has 3 rings (SSSR count). The molecule has 2 aromatic carbocycles. The summed E-state index contributed by atoms with van der Waals surface area (Å²) in [4.78, 5) is 31.4. The molecule has 0 aliphatic heterocycles. The summed E-state index contributed by atoms with van der Waals surface area (Å²) >= 11 is 5.85. The minimum atomic E-state index is -0.396. The molecule has 0 unspecified atom stereocenters. The maximum Gasteiger partial charge on any atom is 0.260 e. The molecule has 0 radical (unpaired) electrons. The molecule has 0 aliphatic carbocycles. The van der Waals surface area contributed by atoms with Crippen LogP contribution in [0.25, 0.3) is 10.8 Å². The van der Waals surface area contributed by atoms with E-state index in [9.17, 15) is 9.59 Å². The van der Waals surface area contributed by atoms with Gasteiger partial charge < -0.3 is 5.32 Å². The molecule has 6 heteroatoms. The van der Waals surface area contributed by atoms with Gasteiger partial charge in [0, 0.05) is 17.1 Å². The number of fused-ring (bicyclic) bond motifs is 1. The fourth-order valence-corrected chi connectivity index (χ4v) is 3.08. The average molecular weight is 396 g/mol. The number of nitrogens with zero attached hydrogens (tertiary/aromatic N) is 2. The Kier molecular flexibility index (Phi) is 5.66. The molecule has 0 fully saturated rings. The van der Waals surface area contributed by atoms with Gasteiger partial charge in [0.25, 0.3) is 5.91 Å². The number of amides is 2. The van der Waals surface area contributed by atoms with Gasteiger partial charge in [-0.3, -0.25) is 14.5 Å². The van der Waals surface area contributed by atoms with Crippen molar-refractivity contribution >= 4 is 39.9 Å². The van der Waals surface area contributed by atoms with Crippen LogP contribution in [-0.4, -0.2) is 28.9 Å². The standard InChI is InChI=1S/C22H22ClN3O2/c1-22(2,3)25-20(27)14-26(21(28)16-11-12-19(23)24-13-16)18-10-6-8-15-7-4-5-9-17(15)18/h4-13H,14H2,1-3H3,(H,25,27). The Bertz CT molecular complexity index is 1000. The second-order valence-corrected chi connectivity index (χ2v) is 7.94. The van der Waals surface area contributed by atoms with Crippen molar-refractivity contribution in [1.29, 1.82) is 0 Å². The van der Waals surface area contributed by atoms with Crippen molar-refractivity contribution in [1.82, 2.24) is 10.3 Å². The maximum absolute atomic E-state index is 13.3. The zero-order valence-corrected chi connectivity index (χ0v) is 16.8. The number of rotatable bonds is 4. The molecule has 0 saturated heterocycles. The van der Waals surface area contributed by atoms with E-state index >= 15 is 0 Å². The Morgan fingerprint density at radius 3 is 2.43 bits per heavy atom. The van der Waals surface area contributed by atoms with E-state index in [-0.39, 0.29) is 18.4 Å². The lowest BCUT2D eigenvalue weighted by Gasteiger charge is -2.27. The van der Waals surface area contributed by atoms with E-state index in [0.29, 0.717) is 16.4 Å². The van der Waals surface area contributed by atoms with Gasteiger partial charge in [-0.05, 0) is 44.4 Å². The summed E-state index contributed by atoms with van der Waals surface area (Å²) < 4.78 is 0. The zero-order valence-electron chi connectivity index (χ0n) is 16.1. The van der Waals surface area contributed by atoms with Gasteiger partial charge in [0.2, 0.25) is 5.91 Å². The third kappa shape index (κ3) is 4.67. The molecule has 5 nitrogen and oxygen atoms in total. The number of aromatic nitrogens is 1. The molecule has 144 valence electrons. The largest absolute Gasteiger partial charge is 0.350 e. The van der Waals surface area contributed by atoms with Crippen LogP contribution in [0.1, 0.15) is 31.1 Å². The van der Waals surface area contributed by atoms with Crippen LogP contribution in [0.2, 0.25) is 5.15 Å². The van der Waals surface area contributed by atoms with Gasteiger partial charge >= 0.3 is 0 Å². The molecular weight excluding hydrogens is 374 g/mol. The fraction of sp³-hybridized carbons (Fsp3) is 0.227. The SMILES string of the molecule is CC(C)(C)NC(=O)CN(C(=O)c1ccc(Cl)nc1)c1cccc2ccccc12. The van der Waals surface area contributed by atoms with Gasteiger partial charge in [-0.2, -0.15) is 0 Å². The lowest BCUT2D eigenvalue weighted by atomic mass is 10.1. The molecule has 0 bridgehead atoms. The minimum absolute atomic E-state index is 0.104. The normalized spacial score (nSPS) is 11.3. The molecule has 0 saturated carbocycles. The first-order chi connectivity index (χ1) is 13.2. The van der Waals surface area contributed by atoms with Crippen molar-refractivity contribution < 1.29 is 9.59 Å². The maximum atomic E-state index is 13.3. The molecule has 1 heterocycles. The van der Waals surface area contributed by atoms with Crippen LogP contribution in [0.4, 0.5) is 5.69 Å².